The van der Waals surface area contributed by atoms with Crippen LogP contribution in [0.15, 0.2) is 0 Å². The normalized spacial score (nSPS) is 38.7. The zero-order chi connectivity index (χ0) is 11.7. The molecule has 88 valence electrons. The molecule has 1 aliphatic carbocycles. The highest BCUT2D eigenvalue weighted by Gasteiger charge is 2.41. The van der Waals surface area contributed by atoms with Gasteiger partial charge in [-0.2, -0.15) is 5.26 Å². The molecule has 5 heteroatoms. The highest BCUT2D eigenvalue weighted by molar-refractivity contribution is 5.81. The Balaban J connectivity index is 2.07. The number of hydrogen-bond acceptors (Lipinski definition) is 3. The second-order valence-corrected chi connectivity index (χ2v) is 4.67. The molecule has 0 radical (unpaired) electrons. The van der Waals surface area contributed by atoms with Crippen LogP contribution >= 0.6 is 0 Å². The zero-order valence-electron chi connectivity index (χ0n) is 9.10. The summed E-state index contributed by atoms with van der Waals surface area (Å²) in [4.78, 5) is 13.5. The van der Waals surface area contributed by atoms with Crippen LogP contribution in [-0.4, -0.2) is 35.6 Å². The van der Waals surface area contributed by atoms with Gasteiger partial charge in [0.25, 0.3) is 0 Å². The lowest BCUT2D eigenvalue weighted by atomic mass is 10.0. The Morgan fingerprint density at radius 1 is 1.50 bits per heavy atom. The summed E-state index contributed by atoms with van der Waals surface area (Å²) in [6.07, 6.45) is 1.64. The Morgan fingerprint density at radius 2 is 2.25 bits per heavy atom. The van der Waals surface area contributed by atoms with Gasteiger partial charge in [0.1, 0.15) is 12.2 Å². The van der Waals surface area contributed by atoms with E-state index < -0.39 is 12.2 Å². The van der Waals surface area contributed by atoms with Crippen LogP contribution in [0, 0.1) is 17.2 Å². The fourth-order valence-corrected chi connectivity index (χ4v) is 2.66. The summed E-state index contributed by atoms with van der Waals surface area (Å²) < 4.78 is 13.2. The third-order valence-corrected chi connectivity index (χ3v) is 3.57. The van der Waals surface area contributed by atoms with Crippen molar-refractivity contribution in [2.45, 2.75) is 43.9 Å². The molecule has 1 saturated heterocycles. The molecule has 16 heavy (non-hydrogen) atoms. The average molecular weight is 225 g/mol. The minimum Gasteiger partial charge on any atom is -0.327 e. The predicted molar refractivity (Wildman–Crippen MR) is 55.9 cm³/mol. The number of amides is 1. The summed E-state index contributed by atoms with van der Waals surface area (Å²) in [5.74, 6) is -0.335. The molecule has 0 spiro atoms. The maximum absolute atomic E-state index is 13.2. The molecule has 1 aliphatic heterocycles. The topological polar surface area (TPSA) is 70.1 Å². The van der Waals surface area contributed by atoms with Crippen LogP contribution in [-0.2, 0) is 4.79 Å². The number of alkyl halides is 1. The number of nitrogens with zero attached hydrogens (tertiary/aromatic N) is 2. The third kappa shape index (κ3) is 1.90. The Kier molecular flexibility index (Phi) is 3.10. The van der Waals surface area contributed by atoms with E-state index in [2.05, 4.69) is 0 Å². The lowest BCUT2D eigenvalue weighted by Crippen LogP contribution is -2.43. The number of carbonyl (C=O) groups is 1. The lowest BCUT2D eigenvalue weighted by Gasteiger charge is -2.24. The molecular formula is C11H16FN3O. The molecule has 2 aliphatic rings. The van der Waals surface area contributed by atoms with Gasteiger partial charge in [-0.1, -0.05) is 6.42 Å². The minimum atomic E-state index is -1.06. The van der Waals surface area contributed by atoms with Crippen molar-refractivity contribution in [1.29, 1.82) is 5.26 Å². The van der Waals surface area contributed by atoms with Crippen molar-refractivity contribution in [1.82, 2.24) is 4.90 Å². The number of hydrogen-bond donors (Lipinski definition) is 1. The number of nitriles is 1. The minimum absolute atomic E-state index is 0.0558. The van der Waals surface area contributed by atoms with E-state index in [1.165, 1.54) is 4.90 Å². The van der Waals surface area contributed by atoms with E-state index in [0.717, 1.165) is 19.3 Å². The van der Waals surface area contributed by atoms with Crippen LogP contribution in [0.4, 0.5) is 4.39 Å². The first-order valence-electron chi connectivity index (χ1n) is 5.73. The number of halogens is 1. The molecule has 0 unspecified atom stereocenters. The first kappa shape index (κ1) is 11.3. The lowest BCUT2D eigenvalue weighted by molar-refractivity contribution is -0.135. The van der Waals surface area contributed by atoms with E-state index in [-0.39, 0.29) is 30.8 Å². The Morgan fingerprint density at radius 3 is 2.81 bits per heavy atom. The van der Waals surface area contributed by atoms with Gasteiger partial charge in [0, 0.05) is 12.5 Å². The van der Waals surface area contributed by atoms with Crippen LogP contribution < -0.4 is 5.73 Å². The molecule has 0 aromatic rings. The van der Waals surface area contributed by atoms with Gasteiger partial charge in [0.05, 0.1) is 18.5 Å². The molecule has 1 amide bonds. The van der Waals surface area contributed by atoms with Crippen LogP contribution in [0.1, 0.15) is 25.7 Å². The average Bonchev–Trinajstić information content (AvgIpc) is 2.83. The van der Waals surface area contributed by atoms with Crippen LogP contribution in [0.3, 0.4) is 0 Å². The Hall–Kier alpha value is -1.15. The fraction of sp³-hybridized carbons (Fsp3) is 0.818. The van der Waals surface area contributed by atoms with E-state index in [4.69, 9.17) is 11.0 Å². The summed E-state index contributed by atoms with van der Waals surface area (Å²) in [5.41, 5.74) is 5.84. The first-order chi connectivity index (χ1) is 7.63. The predicted octanol–water partition coefficient (Wildman–Crippen LogP) is 0.576. The molecule has 2 fully saturated rings. The second kappa shape index (κ2) is 4.38. The summed E-state index contributed by atoms with van der Waals surface area (Å²) >= 11 is 0. The SMILES string of the molecule is N#C[C@@H]1C[C@H](F)CN1C(=O)[C@H]1CCC[C@H]1N. The smallest absolute Gasteiger partial charge is 0.228 e. The quantitative estimate of drug-likeness (QED) is 0.709. The number of rotatable bonds is 1. The zero-order valence-corrected chi connectivity index (χ0v) is 9.10. The molecule has 4 nitrogen and oxygen atoms in total. The molecular weight excluding hydrogens is 209 g/mol. The van der Waals surface area contributed by atoms with Gasteiger partial charge in [0.15, 0.2) is 0 Å². The molecule has 2 rings (SSSR count). The highest BCUT2D eigenvalue weighted by atomic mass is 19.1. The fourth-order valence-electron chi connectivity index (χ4n) is 2.66. The molecule has 0 bridgehead atoms. The van der Waals surface area contributed by atoms with Gasteiger partial charge < -0.3 is 10.6 Å². The van der Waals surface area contributed by atoms with Crippen LogP contribution in [0.2, 0.25) is 0 Å². The van der Waals surface area contributed by atoms with Gasteiger partial charge in [-0.3, -0.25) is 4.79 Å². The van der Waals surface area contributed by atoms with Crippen molar-refractivity contribution < 1.29 is 9.18 Å². The van der Waals surface area contributed by atoms with Crippen molar-refractivity contribution in [2.75, 3.05) is 6.54 Å². The van der Waals surface area contributed by atoms with E-state index in [0.29, 0.717) is 0 Å². The number of carbonyl (C=O) groups excluding carboxylic acids is 1. The molecule has 2 N–H and O–H groups in total. The summed E-state index contributed by atoms with van der Waals surface area (Å²) in [6.45, 7) is 0.0558. The van der Waals surface area contributed by atoms with Gasteiger partial charge in [0.2, 0.25) is 5.91 Å². The van der Waals surface area contributed by atoms with E-state index in [9.17, 15) is 9.18 Å². The highest BCUT2D eigenvalue weighted by Crippen LogP contribution is 2.29. The molecule has 1 heterocycles. The Bertz CT molecular complexity index is 328. The monoisotopic (exact) mass is 225 g/mol. The summed E-state index contributed by atoms with van der Waals surface area (Å²) in [6, 6.07) is 1.27. The van der Waals surface area contributed by atoms with Crippen LogP contribution in [0.5, 0.6) is 0 Å². The number of likely N-dealkylation sites (tertiary alicyclic amines) is 1. The number of nitrogens with two attached hydrogens (primary N) is 1. The standard InChI is InChI=1S/C11H16FN3O/c12-7-4-8(5-13)15(6-7)11(16)9-2-1-3-10(9)14/h7-10H,1-4,6,14H2/t7-,8-,9-,10+/m0/s1. The first-order valence-corrected chi connectivity index (χ1v) is 5.73. The maximum Gasteiger partial charge on any atom is 0.228 e. The third-order valence-electron chi connectivity index (χ3n) is 3.57. The molecule has 4 atom stereocenters. The second-order valence-electron chi connectivity index (χ2n) is 4.67. The van der Waals surface area contributed by atoms with Crippen LogP contribution in [0.25, 0.3) is 0 Å². The van der Waals surface area contributed by atoms with E-state index in [1.807, 2.05) is 6.07 Å². The van der Waals surface area contributed by atoms with E-state index in [1.54, 1.807) is 0 Å². The largest absolute Gasteiger partial charge is 0.327 e. The van der Waals surface area contributed by atoms with Crippen molar-refractivity contribution in [3.63, 3.8) is 0 Å². The van der Waals surface area contributed by atoms with Crippen molar-refractivity contribution in [3.05, 3.63) is 0 Å². The molecule has 1 saturated carbocycles. The van der Waals surface area contributed by atoms with Crippen molar-refractivity contribution in [3.8, 4) is 6.07 Å². The van der Waals surface area contributed by atoms with E-state index >= 15 is 0 Å². The molecule has 0 aromatic heterocycles. The maximum atomic E-state index is 13.2. The van der Waals surface area contributed by atoms with Gasteiger partial charge in [-0.05, 0) is 12.8 Å². The molecule has 0 aromatic carbocycles. The van der Waals surface area contributed by atoms with Crippen molar-refractivity contribution in [2.24, 2.45) is 11.7 Å². The summed E-state index contributed by atoms with van der Waals surface area (Å²) in [7, 11) is 0. The summed E-state index contributed by atoms with van der Waals surface area (Å²) in [5, 5.41) is 8.87. The van der Waals surface area contributed by atoms with Gasteiger partial charge >= 0.3 is 0 Å². The van der Waals surface area contributed by atoms with Gasteiger partial charge in [-0.15, -0.1) is 0 Å². The van der Waals surface area contributed by atoms with Gasteiger partial charge in [-0.25, -0.2) is 4.39 Å². The van der Waals surface area contributed by atoms with Crippen molar-refractivity contribution >= 4 is 5.91 Å². The Labute approximate surface area is 94.2 Å².